The summed E-state index contributed by atoms with van der Waals surface area (Å²) in [6.45, 7) is 5.93. The first-order valence-electron chi connectivity index (χ1n) is 7.34. The average Bonchev–Trinajstić information content (AvgIpc) is 2.40. The van der Waals surface area contributed by atoms with E-state index in [1.807, 2.05) is 0 Å². The highest BCUT2D eigenvalue weighted by Crippen LogP contribution is 2.32. The molecule has 0 aromatic carbocycles. The molecular weight excluding hydrogens is 324 g/mol. The Morgan fingerprint density at radius 1 is 0.958 bits per heavy atom. The number of hydrogen-bond donors (Lipinski definition) is 0. The van der Waals surface area contributed by atoms with Crippen LogP contribution in [0.1, 0.15) is 34.6 Å². The van der Waals surface area contributed by atoms with E-state index >= 15 is 0 Å². The highest BCUT2D eigenvalue weighted by molar-refractivity contribution is 5.69. The molecule has 1 saturated heterocycles. The van der Waals surface area contributed by atoms with E-state index in [-0.39, 0.29) is 13.2 Å². The molecule has 136 valence electrons. The van der Waals surface area contributed by atoms with E-state index in [9.17, 15) is 19.2 Å². The quantitative estimate of drug-likeness (QED) is 0.506. The third kappa shape index (κ3) is 5.48. The first-order valence-corrected chi connectivity index (χ1v) is 7.34. The van der Waals surface area contributed by atoms with Gasteiger partial charge in [0, 0.05) is 27.7 Å². The Morgan fingerprint density at radius 3 is 2.00 bits per heavy atom. The second-order valence-corrected chi connectivity index (χ2v) is 5.66. The van der Waals surface area contributed by atoms with Gasteiger partial charge in [-0.25, -0.2) is 0 Å². The van der Waals surface area contributed by atoms with Crippen LogP contribution in [0.2, 0.25) is 0 Å². The third-order valence-corrected chi connectivity index (χ3v) is 3.27. The molecule has 0 saturated carbocycles. The number of esters is 4. The maximum atomic E-state index is 11.5. The molecular formula is C15H22O9. The van der Waals surface area contributed by atoms with Gasteiger partial charge in [-0.3, -0.25) is 19.2 Å². The molecule has 0 bridgehead atoms. The van der Waals surface area contributed by atoms with Gasteiger partial charge in [-0.2, -0.15) is 0 Å². The fourth-order valence-electron chi connectivity index (χ4n) is 2.45. The molecule has 1 aliphatic heterocycles. The van der Waals surface area contributed by atoms with E-state index in [0.29, 0.717) is 0 Å². The minimum Gasteiger partial charge on any atom is -0.463 e. The van der Waals surface area contributed by atoms with Gasteiger partial charge >= 0.3 is 23.9 Å². The van der Waals surface area contributed by atoms with Gasteiger partial charge in [-0.1, -0.05) is 0 Å². The zero-order valence-corrected chi connectivity index (χ0v) is 14.3. The monoisotopic (exact) mass is 346 g/mol. The van der Waals surface area contributed by atoms with Crippen LogP contribution in [0.3, 0.4) is 0 Å². The molecule has 0 aromatic heterocycles. The molecule has 1 fully saturated rings. The Labute approximate surface area is 139 Å². The SMILES string of the molecule is CC(=O)OCC1OCC(C)(OC(C)=O)C(OC(C)=O)C1OC(C)=O. The molecule has 0 N–H and O–H groups in total. The molecule has 4 atom stereocenters. The summed E-state index contributed by atoms with van der Waals surface area (Å²) in [5.41, 5.74) is -1.36. The Hall–Kier alpha value is -2.16. The summed E-state index contributed by atoms with van der Waals surface area (Å²) in [5.74, 6) is -2.46. The number of ether oxygens (including phenoxy) is 5. The minimum atomic E-state index is -1.36. The number of hydrogen-bond acceptors (Lipinski definition) is 9. The molecule has 0 radical (unpaired) electrons. The van der Waals surface area contributed by atoms with Crippen molar-refractivity contribution in [1.29, 1.82) is 0 Å². The summed E-state index contributed by atoms with van der Waals surface area (Å²) in [6.07, 6.45) is -3.09. The Kier molecular flexibility index (Phi) is 6.70. The molecule has 0 amide bonds. The van der Waals surface area contributed by atoms with Crippen molar-refractivity contribution < 1.29 is 42.9 Å². The van der Waals surface area contributed by atoms with Crippen molar-refractivity contribution >= 4 is 23.9 Å². The van der Waals surface area contributed by atoms with Gasteiger partial charge in [-0.05, 0) is 6.92 Å². The lowest BCUT2D eigenvalue weighted by Gasteiger charge is -2.46. The summed E-state index contributed by atoms with van der Waals surface area (Å²) < 4.78 is 26.1. The third-order valence-electron chi connectivity index (χ3n) is 3.27. The Bertz CT molecular complexity index is 515. The second kappa shape index (κ2) is 8.09. The summed E-state index contributed by atoms with van der Waals surface area (Å²) in [5, 5.41) is 0. The largest absolute Gasteiger partial charge is 0.463 e. The minimum absolute atomic E-state index is 0.131. The van der Waals surface area contributed by atoms with Crippen LogP contribution in [-0.2, 0) is 42.9 Å². The van der Waals surface area contributed by atoms with Crippen molar-refractivity contribution in [3.63, 3.8) is 0 Å². The molecule has 1 rings (SSSR count). The van der Waals surface area contributed by atoms with E-state index < -0.39 is 47.8 Å². The summed E-state index contributed by atoms with van der Waals surface area (Å²) in [4.78, 5) is 45.3. The smallest absolute Gasteiger partial charge is 0.303 e. The molecule has 1 aliphatic rings. The van der Waals surface area contributed by atoms with Crippen LogP contribution in [0.5, 0.6) is 0 Å². The van der Waals surface area contributed by atoms with Crippen LogP contribution in [0.4, 0.5) is 0 Å². The topological polar surface area (TPSA) is 114 Å². The lowest BCUT2D eigenvalue weighted by molar-refractivity contribution is -0.258. The fourth-order valence-corrected chi connectivity index (χ4v) is 2.45. The molecule has 24 heavy (non-hydrogen) atoms. The van der Waals surface area contributed by atoms with E-state index in [2.05, 4.69) is 0 Å². The van der Waals surface area contributed by atoms with Gasteiger partial charge in [0.05, 0.1) is 6.61 Å². The summed E-state index contributed by atoms with van der Waals surface area (Å²) in [7, 11) is 0. The fraction of sp³-hybridized carbons (Fsp3) is 0.733. The van der Waals surface area contributed by atoms with Gasteiger partial charge in [-0.15, -0.1) is 0 Å². The second-order valence-electron chi connectivity index (χ2n) is 5.66. The van der Waals surface area contributed by atoms with Crippen LogP contribution in [-0.4, -0.2) is 61.0 Å². The number of carbonyl (C=O) groups excluding carboxylic acids is 4. The average molecular weight is 346 g/mol. The normalized spacial score (nSPS) is 29.3. The Balaban J connectivity index is 3.13. The molecule has 1 heterocycles. The maximum absolute atomic E-state index is 11.5. The molecule has 4 unspecified atom stereocenters. The molecule has 9 nitrogen and oxygen atoms in total. The van der Waals surface area contributed by atoms with Crippen molar-refractivity contribution in [1.82, 2.24) is 0 Å². The zero-order chi connectivity index (χ0) is 18.5. The van der Waals surface area contributed by atoms with Gasteiger partial charge in [0.1, 0.15) is 12.7 Å². The van der Waals surface area contributed by atoms with Gasteiger partial charge in [0.15, 0.2) is 17.8 Å². The van der Waals surface area contributed by atoms with Crippen molar-refractivity contribution in [2.75, 3.05) is 13.2 Å². The lowest BCUT2D eigenvalue weighted by atomic mass is 9.89. The Morgan fingerprint density at radius 2 is 1.54 bits per heavy atom. The van der Waals surface area contributed by atoms with Crippen molar-refractivity contribution in [2.45, 2.75) is 58.5 Å². The van der Waals surface area contributed by atoms with Crippen LogP contribution >= 0.6 is 0 Å². The van der Waals surface area contributed by atoms with E-state index in [1.54, 1.807) is 0 Å². The van der Waals surface area contributed by atoms with Gasteiger partial charge < -0.3 is 23.7 Å². The number of carbonyl (C=O) groups is 4. The maximum Gasteiger partial charge on any atom is 0.303 e. The lowest BCUT2D eigenvalue weighted by Crippen LogP contribution is -2.64. The zero-order valence-electron chi connectivity index (χ0n) is 14.3. The predicted octanol–water partition coefficient (Wildman–Crippen LogP) is 0.134. The van der Waals surface area contributed by atoms with Crippen molar-refractivity contribution in [3.05, 3.63) is 0 Å². The number of rotatable bonds is 5. The van der Waals surface area contributed by atoms with E-state index in [0.717, 1.165) is 0 Å². The van der Waals surface area contributed by atoms with Crippen LogP contribution in [0.25, 0.3) is 0 Å². The first kappa shape index (κ1) is 19.9. The van der Waals surface area contributed by atoms with Crippen molar-refractivity contribution in [3.8, 4) is 0 Å². The highest BCUT2D eigenvalue weighted by Gasteiger charge is 2.54. The van der Waals surface area contributed by atoms with E-state index in [1.165, 1.54) is 34.6 Å². The van der Waals surface area contributed by atoms with Gasteiger partial charge in [0.2, 0.25) is 0 Å². The van der Waals surface area contributed by atoms with Crippen LogP contribution < -0.4 is 0 Å². The van der Waals surface area contributed by atoms with Crippen LogP contribution in [0, 0.1) is 0 Å². The van der Waals surface area contributed by atoms with Gasteiger partial charge in [0.25, 0.3) is 0 Å². The molecule has 0 spiro atoms. The molecule has 9 heteroatoms. The summed E-state index contributed by atoms with van der Waals surface area (Å²) in [6, 6.07) is 0. The van der Waals surface area contributed by atoms with Crippen molar-refractivity contribution in [2.24, 2.45) is 0 Å². The molecule has 0 aromatic rings. The highest BCUT2D eigenvalue weighted by atomic mass is 16.7. The predicted molar refractivity (Wildman–Crippen MR) is 77.7 cm³/mol. The van der Waals surface area contributed by atoms with Crippen LogP contribution in [0.15, 0.2) is 0 Å². The summed E-state index contributed by atoms with van der Waals surface area (Å²) >= 11 is 0. The molecule has 0 aliphatic carbocycles. The van der Waals surface area contributed by atoms with E-state index in [4.69, 9.17) is 23.7 Å². The standard InChI is InChI=1S/C15H22O9/c1-8(16)20-6-12-13(22-9(2)17)14(23-10(3)18)15(5,7-21-12)24-11(4)19/h12-14H,6-7H2,1-5H3. The first-order chi connectivity index (χ1) is 11.0.